The maximum absolute atomic E-state index is 13.3. The first-order valence-corrected chi connectivity index (χ1v) is 8.74. The maximum atomic E-state index is 13.3. The van der Waals surface area contributed by atoms with E-state index in [0.29, 0.717) is 23.8 Å². The Morgan fingerprint density at radius 1 is 1.54 bits per heavy atom. The number of hydrogen-bond donors (Lipinski definition) is 0. The Bertz CT molecular complexity index is 680. The monoisotopic (exact) mass is 349 g/mol. The molecule has 0 saturated carbocycles. The fraction of sp³-hybridized carbons (Fsp3) is 0.412. The SMILES string of the molecule is CN1CCOC(CN(C(=O)Cc2cccc(F)c2)c2nccs2)C1. The van der Waals surface area contributed by atoms with Crippen LogP contribution in [0.4, 0.5) is 9.52 Å². The van der Waals surface area contributed by atoms with Gasteiger partial charge < -0.3 is 9.64 Å². The van der Waals surface area contributed by atoms with Crippen molar-refractivity contribution in [2.75, 3.05) is 38.2 Å². The molecule has 24 heavy (non-hydrogen) atoms. The summed E-state index contributed by atoms with van der Waals surface area (Å²) in [6.07, 6.45) is 1.76. The van der Waals surface area contributed by atoms with Gasteiger partial charge in [-0.15, -0.1) is 11.3 Å². The van der Waals surface area contributed by atoms with E-state index in [2.05, 4.69) is 9.88 Å². The van der Waals surface area contributed by atoms with Crippen LogP contribution in [0.5, 0.6) is 0 Å². The van der Waals surface area contributed by atoms with E-state index in [1.807, 2.05) is 12.4 Å². The van der Waals surface area contributed by atoms with E-state index in [9.17, 15) is 9.18 Å². The molecule has 1 amide bonds. The minimum absolute atomic E-state index is 0.0518. The summed E-state index contributed by atoms with van der Waals surface area (Å²) in [5, 5.41) is 2.49. The summed E-state index contributed by atoms with van der Waals surface area (Å²) in [5.74, 6) is -0.439. The van der Waals surface area contributed by atoms with E-state index in [0.717, 1.165) is 13.1 Å². The molecule has 1 saturated heterocycles. The molecule has 3 rings (SSSR count). The van der Waals surface area contributed by atoms with Gasteiger partial charge in [-0.1, -0.05) is 12.1 Å². The van der Waals surface area contributed by atoms with Crippen molar-refractivity contribution in [3.8, 4) is 0 Å². The van der Waals surface area contributed by atoms with Gasteiger partial charge in [-0.25, -0.2) is 9.37 Å². The van der Waals surface area contributed by atoms with Crippen LogP contribution < -0.4 is 4.90 Å². The zero-order valence-electron chi connectivity index (χ0n) is 13.5. The van der Waals surface area contributed by atoms with Crippen molar-refractivity contribution in [2.45, 2.75) is 12.5 Å². The lowest BCUT2D eigenvalue weighted by molar-refractivity contribution is -0.118. The zero-order chi connectivity index (χ0) is 16.9. The number of carbonyl (C=O) groups excluding carboxylic acids is 1. The molecule has 1 unspecified atom stereocenters. The standard InChI is InChI=1S/C17H20FN3O2S/c1-20-6-7-23-15(11-20)12-21(17-19-5-8-24-17)16(22)10-13-3-2-4-14(18)9-13/h2-5,8-9,15H,6-7,10-12H2,1H3. The average molecular weight is 349 g/mol. The number of hydrogen-bond acceptors (Lipinski definition) is 5. The molecule has 0 spiro atoms. The van der Waals surface area contributed by atoms with E-state index in [1.54, 1.807) is 23.2 Å². The van der Waals surface area contributed by atoms with Gasteiger partial charge in [0.1, 0.15) is 5.82 Å². The van der Waals surface area contributed by atoms with Crippen LogP contribution in [-0.4, -0.2) is 55.2 Å². The van der Waals surface area contributed by atoms with Crippen molar-refractivity contribution >= 4 is 22.4 Å². The highest BCUT2D eigenvalue weighted by Gasteiger charge is 2.26. The number of halogens is 1. The van der Waals surface area contributed by atoms with E-state index in [-0.39, 0.29) is 24.2 Å². The number of benzene rings is 1. The molecule has 0 radical (unpaired) electrons. The summed E-state index contributed by atoms with van der Waals surface area (Å²) in [6.45, 7) is 2.77. The molecule has 1 aromatic heterocycles. The van der Waals surface area contributed by atoms with Crippen molar-refractivity contribution in [3.05, 3.63) is 47.2 Å². The minimum atomic E-state index is -0.335. The van der Waals surface area contributed by atoms with Crippen molar-refractivity contribution < 1.29 is 13.9 Å². The molecule has 2 aromatic rings. The first kappa shape index (κ1) is 17.0. The van der Waals surface area contributed by atoms with Gasteiger partial charge in [-0.3, -0.25) is 9.69 Å². The molecule has 1 aliphatic rings. The van der Waals surface area contributed by atoms with Gasteiger partial charge in [-0.2, -0.15) is 0 Å². The first-order chi connectivity index (χ1) is 11.6. The van der Waals surface area contributed by atoms with Crippen molar-refractivity contribution in [1.82, 2.24) is 9.88 Å². The first-order valence-electron chi connectivity index (χ1n) is 7.86. The third kappa shape index (κ3) is 4.37. The van der Waals surface area contributed by atoms with Gasteiger partial charge in [0.25, 0.3) is 0 Å². The van der Waals surface area contributed by atoms with Crippen molar-refractivity contribution in [3.63, 3.8) is 0 Å². The zero-order valence-corrected chi connectivity index (χ0v) is 14.3. The summed E-state index contributed by atoms with van der Waals surface area (Å²) >= 11 is 1.41. The van der Waals surface area contributed by atoms with Crippen LogP contribution in [0.3, 0.4) is 0 Å². The van der Waals surface area contributed by atoms with Crippen LogP contribution in [0.25, 0.3) is 0 Å². The number of ether oxygens (including phenoxy) is 1. The molecular formula is C17H20FN3O2S. The van der Waals surface area contributed by atoms with Crippen LogP contribution in [0.2, 0.25) is 0 Å². The third-order valence-electron chi connectivity index (χ3n) is 3.92. The predicted octanol–water partition coefficient (Wildman–Crippen LogP) is 2.19. The molecule has 0 aliphatic carbocycles. The number of aromatic nitrogens is 1. The highest BCUT2D eigenvalue weighted by atomic mass is 32.1. The Labute approximate surface area is 144 Å². The third-order valence-corrected chi connectivity index (χ3v) is 4.72. The lowest BCUT2D eigenvalue weighted by atomic mass is 10.1. The van der Waals surface area contributed by atoms with Crippen LogP contribution in [-0.2, 0) is 16.0 Å². The van der Waals surface area contributed by atoms with Crippen LogP contribution in [0, 0.1) is 5.82 Å². The number of thiazole rings is 1. The summed E-state index contributed by atoms with van der Waals surface area (Å²) < 4.78 is 19.1. The van der Waals surface area contributed by atoms with Crippen molar-refractivity contribution in [2.24, 2.45) is 0 Å². The molecule has 1 atom stereocenters. The fourth-order valence-corrected chi connectivity index (χ4v) is 3.40. The number of rotatable bonds is 5. The molecule has 0 N–H and O–H groups in total. The number of carbonyl (C=O) groups is 1. The summed E-state index contributed by atoms with van der Waals surface area (Å²) in [5.41, 5.74) is 0.656. The number of morpholine rings is 1. The normalized spacial score (nSPS) is 18.5. The highest BCUT2D eigenvalue weighted by Crippen LogP contribution is 2.20. The van der Waals surface area contributed by atoms with E-state index >= 15 is 0 Å². The van der Waals surface area contributed by atoms with E-state index in [4.69, 9.17) is 4.74 Å². The van der Waals surface area contributed by atoms with E-state index < -0.39 is 0 Å². The summed E-state index contributed by atoms with van der Waals surface area (Å²) in [7, 11) is 2.04. The Hall–Kier alpha value is -1.83. The largest absolute Gasteiger partial charge is 0.374 e. The average Bonchev–Trinajstić information content (AvgIpc) is 3.06. The molecule has 1 fully saturated rings. The second-order valence-corrected chi connectivity index (χ2v) is 6.75. The molecule has 0 bridgehead atoms. The van der Waals surface area contributed by atoms with Gasteiger partial charge in [-0.05, 0) is 24.7 Å². The summed E-state index contributed by atoms with van der Waals surface area (Å²) in [6, 6.07) is 6.14. The van der Waals surface area contributed by atoms with E-state index in [1.165, 1.54) is 23.5 Å². The lowest BCUT2D eigenvalue weighted by Gasteiger charge is -2.33. The van der Waals surface area contributed by atoms with Crippen LogP contribution >= 0.6 is 11.3 Å². The van der Waals surface area contributed by atoms with Gasteiger partial charge in [0, 0.05) is 24.7 Å². The van der Waals surface area contributed by atoms with Gasteiger partial charge in [0.2, 0.25) is 5.91 Å². The number of likely N-dealkylation sites (N-methyl/N-ethyl adjacent to an activating group) is 1. The smallest absolute Gasteiger partial charge is 0.233 e. The number of amides is 1. The lowest BCUT2D eigenvalue weighted by Crippen LogP contribution is -2.48. The molecule has 1 aliphatic heterocycles. The Balaban J connectivity index is 1.73. The molecular weight excluding hydrogens is 329 g/mol. The Kier molecular flexibility index (Phi) is 5.55. The van der Waals surface area contributed by atoms with Crippen LogP contribution in [0.15, 0.2) is 35.8 Å². The van der Waals surface area contributed by atoms with Gasteiger partial charge in [0.15, 0.2) is 5.13 Å². The molecule has 5 nitrogen and oxygen atoms in total. The second-order valence-electron chi connectivity index (χ2n) is 5.88. The molecule has 128 valence electrons. The topological polar surface area (TPSA) is 45.7 Å². The second kappa shape index (κ2) is 7.83. The Morgan fingerprint density at radius 2 is 2.42 bits per heavy atom. The van der Waals surface area contributed by atoms with Crippen molar-refractivity contribution in [1.29, 1.82) is 0 Å². The number of nitrogens with zero attached hydrogens (tertiary/aromatic N) is 3. The quantitative estimate of drug-likeness (QED) is 0.830. The molecule has 2 heterocycles. The predicted molar refractivity (Wildman–Crippen MR) is 91.8 cm³/mol. The summed E-state index contributed by atoms with van der Waals surface area (Å²) in [4.78, 5) is 20.9. The number of anilines is 1. The fourth-order valence-electron chi connectivity index (χ4n) is 2.73. The van der Waals surface area contributed by atoms with Gasteiger partial charge in [0.05, 0.1) is 25.7 Å². The molecule has 1 aromatic carbocycles. The van der Waals surface area contributed by atoms with Crippen LogP contribution in [0.1, 0.15) is 5.56 Å². The maximum Gasteiger partial charge on any atom is 0.233 e. The Morgan fingerprint density at radius 3 is 3.12 bits per heavy atom. The highest BCUT2D eigenvalue weighted by molar-refractivity contribution is 7.13. The molecule has 7 heteroatoms. The van der Waals surface area contributed by atoms with Gasteiger partial charge >= 0.3 is 0 Å². The minimum Gasteiger partial charge on any atom is -0.374 e.